The van der Waals surface area contributed by atoms with Gasteiger partial charge >= 0.3 is 0 Å². The van der Waals surface area contributed by atoms with Crippen molar-refractivity contribution < 1.29 is 18.0 Å². The van der Waals surface area contributed by atoms with Gasteiger partial charge in [0.25, 0.3) is 0 Å². The lowest BCUT2D eigenvalue weighted by atomic mass is 9.94. The molecule has 0 bridgehead atoms. The first-order chi connectivity index (χ1) is 9.88. The van der Waals surface area contributed by atoms with Crippen LogP contribution in [-0.2, 0) is 23.3 Å². The van der Waals surface area contributed by atoms with Gasteiger partial charge in [0, 0.05) is 19.4 Å². The summed E-state index contributed by atoms with van der Waals surface area (Å²) in [6.45, 7) is 0.329. The number of sulfone groups is 1. The normalized spacial score (nSPS) is 18.5. The molecule has 1 aromatic rings. The summed E-state index contributed by atoms with van der Waals surface area (Å²) in [5, 5.41) is 3.47. The van der Waals surface area contributed by atoms with Gasteiger partial charge in [-0.3, -0.25) is 9.59 Å². The van der Waals surface area contributed by atoms with Crippen molar-refractivity contribution in [1.29, 1.82) is 0 Å². The second-order valence-corrected chi connectivity index (χ2v) is 6.65. The lowest BCUT2D eigenvalue weighted by molar-refractivity contribution is 0.0971. The molecule has 0 atom stereocenters. The van der Waals surface area contributed by atoms with Crippen LogP contribution >= 0.6 is 12.4 Å². The highest BCUT2D eigenvalue weighted by Gasteiger charge is 2.42. The lowest BCUT2D eigenvalue weighted by Crippen LogP contribution is -2.34. The molecule has 0 amide bonds. The third kappa shape index (κ3) is 2.11. The second kappa shape index (κ2) is 5.38. The van der Waals surface area contributed by atoms with E-state index in [0.717, 1.165) is 11.6 Å². The Balaban J connectivity index is 0.00000176. The van der Waals surface area contributed by atoms with E-state index in [1.165, 1.54) is 4.57 Å². The highest BCUT2D eigenvalue weighted by atomic mass is 35.5. The van der Waals surface area contributed by atoms with Gasteiger partial charge in [-0.2, -0.15) is 0 Å². The average Bonchev–Trinajstić information content (AvgIpc) is 2.72. The van der Waals surface area contributed by atoms with E-state index in [9.17, 15) is 18.0 Å². The third-order valence-electron chi connectivity index (χ3n) is 3.54. The molecular weight excluding hydrogens is 330 g/mol. The van der Waals surface area contributed by atoms with Gasteiger partial charge < -0.3 is 15.6 Å². The molecule has 3 N–H and O–H groups in total. The summed E-state index contributed by atoms with van der Waals surface area (Å²) < 4.78 is 25.6. The SMILES string of the molecule is Cl.Cn1cc(CCN)c2c1C(=O)C1=C(NC=CS1(=O)=O)C2=O. The first-order valence-corrected chi connectivity index (χ1v) is 7.83. The van der Waals surface area contributed by atoms with Crippen molar-refractivity contribution in [1.82, 2.24) is 9.88 Å². The molecule has 0 radical (unpaired) electrons. The number of halogens is 1. The van der Waals surface area contributed by atoms with Crippen molar-refractivity contribution in [3.63, 3.8) is 0 Å². The number of ketones is 2. The summed E-state index contributed by atoms with van der Waals surface area (Å²) in [6.07, 6.45) is 3.23. The smallest absolute Gasteiger partial charge is 0.224 e. The van der Waals surface area contributed by atoms with Crippen molar-refractivity contribution in [2.45, 2.75) is 6.42 Å². The largest absolute Gasteiger partial charge is 0.357 e. The van der Waals surface area contributed by atoms with Crippen LogP contribution in [0, 0.1) is 0 Å². The van der Waals surface area contributed by atoms with Gasteiger partial charge in [0.1, 0.15) is 16.3 Å². The van der Waals surface area contributed by atoms with E-state index in [4.69, 9.17) is 5.73 Å². The predicted molar refractivity (Wildman–Crippen MR) is 82.3 cm³/mol. The van der Waals surface area contributed by atoms with Crippen LogP contribution in [0.25, 0.3) is 0 Å². The van der Waals surface area contributed by atoms with Crippen LogP contribution in [0.5, 0.6) is 0 Å². The molecule has 2 aliphatic rings. The Morgan fingerprint density at radius 1 is 1.27 bits per heavy atom. The third-order valence-corrected chi connectivity index (χ3v) is 4.99. The average molecular weight is 344 g/mol. The molecule has 0 saturated heterocycles. The number of carbonyl (C=O) groups excluding carboxylic acids is 2. The van der Waals surface area contributed by atoms with Gasteiger partial charge in [0.15, 0.2) is 0 Å². The van der Waals surface area contributed by atoms with E-state index in [-0.39, 0.29) is 29.4 Å². The highest BCUT2D eigenvalue weighted by molar-refractivity contribution is 7.99. The first-order valence-electron chi connectivity index (χ1n) is 6.28. The van der Waals surface area contributed by atoms with E-state index < -0.39 is 26.3 Å². The van der Waals surface area contributed by atoms with E-state index in [2.05, 4.69) is 5.32 Å². The maximum absolute atomic E-state index is 12.6. The number of fused-ring (bicyclic) bond motifs is 1. The Morgan fingerprint density at radius 3 is 2.59 bits per heavy atom. The Bertz CT molecular complexity index is 849. The fourth-order valence-corrected chi connectivity index (χ4v) is 3.86. The number of nitrogens with zero attached hydrogens (tertiary/aromatic N) is 1. The Kier molecular flexibility index (Phi) is 4.03. The van der Waals surface area contributed by atoms with Crippen LogP contribution in [0.2, 0.25) is 0 Å². The number of rotatable bonds is 2. The van der Waals surface area contributed by atoms with Crippen LogP contribution in [-0.4, -0.2) is 31.1 Å². The topological polar surface area (TPSA) is 111 Å². The van der Waals surface area contributed by atoms with Crippen molar-refractivity contribution in [2.24, 2.45) is 12.8 Å². The molecule has 0 unspecified atom stereocenters. The predicted octanol–water partition coefficient (Wildman–Crippen LogP) is 0.0279. The van der Waals surface area contributed by atoms with Gasteiger partial charge in [-0.15, -0.1) is 12.4 Å². The molecule has 118 valence electrons. The van der Waals surface area contributed by atoms with Gasteiger partial charge in [-0.05, 0) is 18.5 Å². The van der Waals surface area contributed by atoms with E-state index in [1.807, 2.05) is 0 Å². The van der Waals surface area contributed by atoms with Gasteiger partial charge in [0.05, 0.1) is 11.0 Å². The first kappa shape index (κ1) is 16.5. The number of aryl methyl sites for hydroxylation is 1. The number of hydrogen-bond acceptors (Lipinski definition) is 6. The number of nitrogens with one attached hydrogen (secondary N) is 1. The van der Waals surface area contributed by atoms with Gasteiger partial charge in [-0.25, -0.2) is 8.42 Å². The van der Waals surface area contributed by atoms with Gasteiger partial charge in [0.2, 0.25) is 21.4 Å². The van der Waals surface area contributed by atoms with Crippen molar-refractivity contribution >= 4 is 33.8 Å². The Morgan fingerprint density at radius 2 is 1.95 bits per heavy atom. The minimum Gasteiger partial charge on any atom is -0.357 e. The fraction of sp³-hybridized carbons (Fsp3) is 0.231. The van der Waals surface area contributed by atoms with Gasteiger partial charge in [-0.1, -0.05) is 0 Å². The monoisotopic (exact) mass is 343 g/mol. The van der Waals surface area contributed by atoms with Crippen LogP contribution in [0.3, 0.4) is 0 Å². The van der Waals surface area contributed by atoms with Crippen LogP contribution in [0.15, 0.2) is 28.4 Å². The number of hydrogen-bond donors (Lipinski definition) is 2. The Labute approximate surface area is 133 Å². The summed E-state index contributed by atoms with van der Waals surface area (Å²) in [5.74, 6) is -1.15. The van der Waals surface area contributed by atoms with Crippen molar-refractivity contribution in [3.05, 3.63) is 45.2 Å². The van der Waals surface area contributed by atoms with Crippen molar-refractivity contribution in [2.75, 3.05) is 6.54 Å². The summed E-state index contributed by atoms with van der Waals surface area (Å²) in [7, 11) is -2.29. The number of aromatic nitrogens is 1. The van der Waals surface area contributed by atoms with Crippen LogP contribution in [0.4, 0.5) is 0 Å². The molecule has 1 aliphatic heterocycles. The molecule has 0 saturated carbocycles. The molecular formula is C13H14ClN3O4S. The van der Waals surface area contributed by atoms with Crippen LogP contribution < -0.4 is 11.1 Å². The number of nitrogens with two attached hydrogens (primary N) is 1. The Hall–Kier alpha value is -1.90. The molecule has 1 aromatic heterocycles. The molecule has 0 aromatic carbocycles. The summed E-state index contributed by atoms with van der Waals surface area (Å²) >= 11 is 0. The maximum Gasteiger partial charge on any atom is 0.224 e. The zero-order chi connectivity index (χ0) is 15.4. The molecule has 9 heteroatoms. The molecule has 2 heterocycles. The van der Waals surface area contributed by atoms with E-state index in [0.29, 0.717) is 18.5 Å². The molecule has 22 heavy (non-hydrogen) atoms. The summed E-state index contributed by atoms with van der Waals surface area (Å²) in [4.78, 5) is 24.6. The summed E-state index contributed by atoms with van der Waals surface area (Å²) in [6, 6.07) is 0. The minimum absolute atomic E-state index is 0. The summed E-state index contributed by atoms with van der Waals surface area (Å²) in [5.41, 5.74) is 6.32. The van der Waals surface area contributed by atoms with Crippen molar-refractivity contribution in [3.8, 4) is 0 Å². The fourth-order valence-electron chi connectivity index (χ4n) is 2.69. The van der Waals surface area contributed by atoms with E-state index in [1.54, 1.807) is 13.2 Å². The maximum atomic E-state index is 12.6. The molecule has 7 nitrogen and oxygen atoms in total. The van der Waals surface area contributed by atoms with E-state index >= 15 is 0 Å². The zero-order valence-corrected chi connectivity index (χ0v) is 13.3. The highest BCUT2D eigenvalue weighted by Crippen LogP contribution is 2.33. The molecule has 0 spiro atoms. The quantitative estimate of drug-likeness (QED) is 0.783. The standard InChI is InChI=1S/C13H13N3O4S.ClH/c1-16-6-7(2-3-14)8-10(16)12(18)13-9(11(8)17)15-4-5-21(13,19)20;/h4-6,15H,2-3,14H2,1H3;1H. The zero-order valence-electron chi connectivity index (χ0n) is 11.6. The second-order valence-electron chi connectivity index (χ2n) is 4.88. The number of carbonyl (C=O) groups is 2. The molecule has 1 aliphatic carbocycles. The minimum atomic E-state index is -3.90. The lowest BCUT2D eigenvalue weighted by Gasteiger charge is -2.21. The van der Waals surface area contributed by atoms with Crippen LogP contribution in [0.1, 0.15) is 26.4 Å². The molecule has 3 rings (SSSR count). The number of allylic oxidation sites excluding steroid dienone is 2. The number of Topliss-reactive ketones (excluding diaryl/α,β-unsaturated/α-hetero) is 2. The molecule has 0 fully saturated rings.